The molecule has 0 saturated heterocycles. The Balaban J connectivity index is 2.32. The second-order valence-corrected chi connectivity index (χ2v) is 3.32. The first-order chi connectivity index (χ1) is 5.81. The molecule has 1 aromatic heterocycles. The van der Waals surface area contributed by atoms with E-state index in [0.717, 1.165) is 30.5 Å². The van der Waals surface area contributed by atoms with Gasteiger partial charge in [-0.1, -0.05) is 6.92 Å². The molecule has 1 fully saturated rings. The SMILES string of the molecule is CCc1cc(F)c(C2CC2)cn1. The molecule has 1 nitrogen and oxygen atoms in total. The summed E-state index contributed by atoms with van der Waals surface area (Å²) in [5.74, 6) is 0.396. The normalized spacial score (nSPS) is 16.5. The summed E-state index contributed by atoms with van der Waals surface area (Å²) in [4.78, 5) is 4.18. The lowest BCUT2D eigenvalue weighted by Gasteiger charge is -2.01. The fourth-order valence-electron chi connectivity index (χ4n) is 1.37. The lowest BCUT2D eigenvalue weighted by molar-refractivity contribution is 0.604. The summed E-state index contributed by atoms with van der Waals surface area (Å²) in [5, 5.41) is 0. The van der Waals surface area contributed by atoms with Gasteiger partial charge in [-0.15, -0.1) is 0 Å². The van der Waals surface area contributed by atoms with Gasteiger partial charge in [0.05, 0.1) is 0 Å². The van der Waals surface area contributed by atoms with Gasteiger partial charge >= 0.3 is 0 Å². The highest BCUT2D eigenvalue weighted by atomic mass is 19.1. The molecule has 0 bridgehead atoms. The summed E-state index contributed by atoms with van der Waals surface area (Å²) in [6.07, 6.45) is 4.77. The van der Waals surface area contributed by atoms with E-state index >= 15 is 0 Å². The van der Waals surface area contributed by atoms with E-state index in [1.54, 1.807) is 12.3 Å². The Labute approximate surface area is 71.6 Å². The van der Waals surface area contributed by atoms with Crippen molar-refractivity contribution in [3.05, 3.63) is 29.3 Å². The number of nitrogens with zero attached hydrogens (tertiary/aromatic N) is 1. The number of hydrogen-bond donors (Lipinski definition) is 0. The van der Waals surface area contributed by atoms with E-state index < -0.39 is 0 Å². The maximum absolute atomic E-state index is 13.3. The number of aromatic nitrogens is 1. The van der Waals surface area contributed by atoms with Gasteiger partial charge in [-0.25, -0.2) is 4.39 Å². The van der Waals surface area contributed by atoms with Crippen molar-refractivity contribution in [2.24, 2.45) is 0 Å². The zero-order valence-electron chi connectivity index (χ0n) is 7.18. The summed E-state index contributed by atoms with van der Waals surface area (Å²) in [6.45, 7) is 1.98. The number of rotatable bonds is 2. The summed E-state index contributed by atoms with van der Waals surface area (Å²) < 4.78 is 13.3. The number of aryl methyl sites for hydroxylation is 1. The summed E-state index contributed by atoms with van der Waals surface area (Å²) in [6, 6.07) is 1.56. The minimum Gasteiger partial charge on any atom is -0.261 e. The average molecular weight is 165 g/mol. The topological polar surface area (TPSA) is 12.9 Å². The van der Waals surface area contributed by atoms with Crippen molar-refractivity contribution in [3.8, 4) is 0 Å². The van der Waals surface area contributed by atoms with Crippen molar-refractivity contribution < 1.29 is 4.39 Å². The van der Waals surface area contributed by atoms with Crippen molar-refractivity contribution in [3.63, 3.8) is 0 Å². The first-order valence-corrected chi connectivity index (χ1v) is 4.45. The van der Waals surface area contributed by atoms with Crippen molar-refractivity contribution in [2.45, 2.75) is 32.1 Å². The van der Waals surface area contributed by atoms with Gasteiger partial charge in [0.15, 0.2) is 0 Å². The largest absolute Gasteiger partial charge is 0.261 e. The van der Waals surface area contributed by atoms with E-state index in [1.165, 1.54) is 0 Å². The molecule has 1 aliphatic rings. The smallest absolute Gasteiger partial charge is 0.130 e. The van der Waals surface area contributed by atoms with Crippen molar-refractivity contribution >= 4 is 0 Å². The molecule has 2 heteroatoms. The number of halogens is 1. The van der Waals surface area contributed by atoms with Crippen LogP contribution in [0.5, 0.6) is 0 Å². The van der Waals surface area contributed by atoms with Crippen LogP contribution in [0.25, 0.3) is 0 Å². The van der Waals surface area contributed by atoms with Gasteiger partial charge in [0.25, 0.3) is 0 Å². The minimum absolute atomic E-state index is 0.0654. The molecule has 1 saturated carbocycles. The number of hydrogen-bond acceptors (Lipinski definition) is 1. The van der Waals surface area contributed by atoms with E-state index in [1.807, 2.05) is 6.92 Å². The van der Waals surface area contributed by atoms with Gasteiger partial charge in [-0.3, -0.25) is 4.98 Å². The molecule has 12 heavy (non-hydrogen) atoms. The Morgan fingerprint density at radius 3 is 2.83 bits per heavy atom. The van der Waals surface area contributed by atoms with Gasteiger partial charge in [-0.2, -0.15) is 0 Å². The predicted octanol–water partition coefficient (Wildman–Crippen LogP) is 2.66. The molecule has 0 amide bonds. The molecule has 64 valence electrons. The zero-order valence-corrected chi connectivity index (χ0v) is 7.18. The molecule has 1 heterocycles. The van der Waals surface area contributed by atoms with E-state index in [2.05, 4.69) is 4.98 Å². The van der Waals surface area contributed by atoms with E-state index in [9.17, 15) is 4.39 Å². The van der Waals surface area contributed by atoms with Crippen LogP contribution in [-0.4, -0.2) is 4.98 Å². The van der Waals surface area contributed by atoms with Crippen LogP contribution in [0.2, 0.25) is 0 Å². The van der Waals surface area contributed by atoms with E-state index in [4.69, 9.17) is 0 Å². The molecular weight excluding hydrogens is 153 g/mol. The molecule has 0 N–H and O–H groups in total. The highest BCUT2D eigenvalue weighted by Gasteiger charge is 2.26. The average Bonchev–Trinajstić information content (AvgIpc) is 2.87. The molecule has 0 spiro atoms. The van der Waals surface area contributed by atoms with Gasteiger partial charge in [0.1, 0.15) is 5.82 Å². The van der Waals surface area contributed by atoms with Crippen LogP contribution in [0.1, 0.15) is 36.9 Å². The fourth-order valence-corrected chi connectivity index (χ4v) is 1.37. The number of pyridine rings is 1. The Hall–Kier alpha value is -0.920. The third-order valence-electron chi connectivity index (χ3n) is 2.32. The molecule has 0 aromatic carbocycles. The van der Waals surface area contributed by atoms with E-state index in [0.29, 0.717) is 5.92 Å². The minimum atomic E-state index is -0.0654. The molecule has 0 atom stereocenters. The van der Waals surface area contributed by atoms with Crippen LogP contribution < -0.4 is 0 Å². The molecule has 2 rings (SSSR count). The van der Waals surface area contributed by atoms with Gasteiger partial charge in [0, 0.05) is 17.5 Å². The lowest BCUT2D eigenvalue weighted by Crippen LogP contribution is -1.93. The standard InChI is InChI=1S/C10H12FN/c1-2-8-5-10(11)9(6-12-8)7-3-4-7/h5-7H,2-4H2,1H3. The predicted molar refractivity (Wildman–Crippen MR) is 45.5 cm³/mol. The maximum atomic E-state index is 13.3. The van der Waals surface area contributed by atoms with Crippen molar-refractivity contribution in [1.82, 2.24) is 4.98 Å². The molecule has 0 aliphatic heterocycles. The first kappa shape index (κ1) is 7.71. The van der Waals surface area contributed by atoms with Crippen molar-refractivity contribution in [1.29, 1.82) is 0 Å². The highest BCUT2D eigenvalue weighted by Crippen LogP contribution is 2.40. The lowest BCUT2D eigenvalue weighted by atomic mass is 10.1. The van der Waals surface area contributed by atoms with Crippen molar-refractivity contribution in [2.75, 3.05) is 0 Å². The molecular formula is C10H12FN. The van der Waals surface area contributed by atoms with Crippen LogP contribution >= 0.6 is 0 Å². The highest BCUT2D eigenvalue weighted by molar-refractivity contribution is 5.24. The summed E-state index contributed by atoms with van der Waals surface area (Å²) in [7, 11) is 0. The second kappa shape index (κ2) is 2.85. The Morgan fingerprint density at radius 2 is 2.33 bits per heavy atom. The fraction of sp³-hybridized carbons (Fsp3) is 0.500. The van der Waals surface area contributed by atoms with Gasteiger partial charge in [-0.05, 0) is 31.2 Å². The molecule has 0 radical (unpaired) electrons. The molecule has 1 aromatic rings. The van der Waals surface area contributed by atoms with Crippen LogP contribution in [0.4, 0.5) is 4.39 Å². The van der Waals surface area contributed by atoms with Crippen LogP contribution in [0.3, 0.4) is 0 Å². The van der Waals surface area contributed by atoms with Gasteiger partial charge < -0.3 is 0 Å². The second-order valence-electron chi connectivity index (χ2n) is 3.32. The molecule has 0 unspecified atom stereocenters. The first-order valence-electron chi connectivity index (χ1n) is 4.45. The molecule has 1 aliphatic carbocycles. The van der Waals surface area contributed by atoms with Gasteiger partial charge in [0.2, 0.25) is 0 Å². The Morgan fingerprint density at radius 1 is 1.58 bits per heavy atom. The monoisotopic (exact) mass is 165 g/mol. The zero-order chi connectivity index (χ0) is 8.55. The van der Waals surface area contributed by atoms with E-state index in [-0.39, 0.29) is 5.82 Å². The van der Waals surface area contributed by atoms with Crippen LogP contribution in [-0.2, 0) is 6.42 Å². The Kier molecular flexibility index (Phi) is 1.83. The maximum Gasteiger partial charge on any atom is 0.130 e. The summed E-state index contributed by atoms with van der Waals surface area (Å²) >= 11 is 0. The van der Waals surface area contributed by atoms with Crippen LogP contribution in [0.15, 0.2) is 12.3 Å². The third-order valence-corrected chi connectivity index (χ3v) is 2.32. The third kappa shape index (κ3) is 1.33. The summed E-state index contributed by atoms with van der Waals surface area (Å²) in [5.41, 5.74) is 1.66. The van der Waals surface area contributed by atoms with Crippen LogP contribution in [0, 0.1) is 5.82 Å². The quantitative estimate of drug-likeness (QED) is 0.656. The Bertz CT molecular complexity index is 292.